The molecule has 1 fully saturated rings. The number of benzene rings is 1. The van der Waals surface area contributed by atoms with Crippen molar-refractivity contribution in [3.8, 4) is 0 Å². The number of aliphatic hydroxyl groups excluding tert-OH is 3. The Bertz CT molecular complexity index is 1050. The average molecular weight is 442 g/mol. The van der Waals surface area contributed by atoms with Crippen molar-refractivity contribution in [3.63, 3.8) is 0 Å². The van der Waals surface area contributed by atoms with Gasteiger partial charge in [0.05, 0.1) is 18.5 Å². The van der Waals surface area contributed by atoms with Crippen molar-refractivity contribution < 1.29 is 33.2 Å². The van der Waals surface area contributed by atoms with Crippen molar-refractivity contribution in [2.75, 3.05) is 6.61 Å². The van der Waals surface area contributed by atoms with Gasteiger partial charge in [-0.15, -0.1) is 0 Å². The fourth-order valence-electron chi connectivity index (χ4n) is 3.22. The summed E-state index contributed by atoms with van der Waals surface area (Å²) in [6, 6.07) is 5.05. The molecule has 0 spiro atoms. The lowest BCUT2D eigenvalue weighted by molar-refractivity contribution is -0.137. The first kappa shape index (κ1) is 21.0. The number of hydrogen-bond acceptors (Lipinski definition) is 8. The Morgan fingerprint density at radius 1 is 1.13 bits per heavy atom. The predicted molar refractivity (Wildman–Crippen MR) is 99.3 cm³/mol. The highest BCUT2D eigenvalue weighted by molar-refractivity contribution is 7.98. The van der Waals surface area contributed by atoms with Gasteiger partial charge in [0.1, 0.15) is 35.2 Å². The predicted octanol–water partition coefficient (Wildman–Crippen LogP) is 1.75. The third-order valence-electron chi connectivity index (χ3n) is 4.75. The molecule has 1 saturated heterocycles. The van der Waals surface area contributed by atoms with Crippen LogP contribution in [-0.2, 0) is 16.7 Å². The largest absolute Gasteiger partial charge is 0.416 e. The molecule has 0 unspecified atom stereocenters. The Morgan fingerprint density at radius 2 is 1.93 bits per heavy atom. The Morgan fingerprint density at radius 3 is 2.63 bits per heavy atom. The highest BCUT2D eigenvalue weighted by Crippen LogP contribution is 2.34. The smallest absolute Gasteiger partial charge is 0.394 e. The van der Waals surface area contributed by atoms with E-state index in [1.165, 1.54) is 35.0 Å². The van der Waals surface area contributed by atoms with Crippen LogP contribution in [0.2, 0.25) is 0 Å². The number of nitrogens with zero attached hydrogens (tertiary/aromatic N) is 4. The van der Waals surface area contributed by atoms with Gasteiger partial charge in [0.25, 0.3) is 0 Å². The molecule has 0 radical (unpaired) electrons. The maximum absolute atomic E-state index is 12.9. The number of aromatic nitrogens is 4. The summed E-state index contributed by atoms with van der Waals surface area (Å²) in [7, 11) is 0. The molecular weight excluding hydrogens is 425 g/mol. The van der Waals surface area contributed by atoms with Gasteiger partial charge in [0, 0.05) is 5.75 Å². The van der Waals surface area contributed by atoms with E-state index in [0.717, 1.165) is 12.1 Å². The van der Waals surface area contributed by atoms with E-state index in [0.29, 0.717) is 21.8 Å². The molecule has 0 saturated carbocycles. The van der Waals surface area contributed by atoms with Crippen LogP contribution in [0.5, 0.6) is 0 Å². The molecule has 0 bridgehead atoms. The topological polar surface area (TPSA) is 114 Å². The SMILES string of the molecule is OC[C@H]1O[C@@H](n2cnc3c(SCc4cccc(C(F)(F)F)c4)ncnc32)[C@H](O)[C@@H]1O. The van der Waals surface area contributed by atoms with Gasteiger partial charge in [-0.05, 0) is 11.6 Å². The number of aliphatic hydroxyl groups is 3. The number of halogens is 3. The van der Waals surface area contributed by atoms with Crippen LogP contribution in [-0.4, -0.2) is 59.8 Å². The number of thioether (sulfide) groups is 1. The van der Waals surface area contributed by atoms with E-state index >= 15 is 0 Å². The lowest BCUT2D eigenvalue weighted by Crippen LogP contribution is -2.33. The molecule has 0 amide bonds. The van der Waals surface area contributed by atoms with E-state index in [4.69, 9.17) is 4.74 Å². The van der Waals surface area contributed by atoms with Crippen molar-refractivity contribution in [1.29, 1.82) is 0 Å². The van der Waals surface area contributed by atoms with E-state index in [9.17, 15) is 28.5 Å². The summed E-state index contributed by atoms with van der Waals surface area (Å²) in [4.78, 5) is 12.6. The van der Waals surface area contributed by atoms with Crippen LogP contribution >= 0.6 is 11.8 Å². The van der Waals surface area contributed by atoms with Gasteiger partial charge >= 0.3 is 6.18 Å². The molecule has 8 nitrogen and oxygen atoms in total. The maximum Gasteiger partial charge on any atom is 0.416 e. The van der Waals surface area contributed by atoms with Crippen molar-refractivity contribution in [3.05, 3.63) is 48.0 Å². The summed E-state index contributed by atoms with van der Waals surface area (Å²) in [6.07, 6.45) is -6.28. The van der Waals surface area contributed by atoms with Gasteiger partial charge in [0.15, 0.2) is 11.9 Å². The molecule has 1 aliphatic rings. The standard InChI is InChI=1S/C18H17F3N4O4S/c19-18(20,21)10-3-1-2-9(4-10)6-30-16-12-15(22-7-23-16)25(8-24-12)17-14(28)13(27)11(5-26)29-17/h1-4,7-8,11,13-14,17,26-28H,5-6H2/t11-,13-,14-,17-/m1/s1. The second-order valence-corrected chi connectivity index (χ2v) is 7.68. The van der Waals surface area contributed by atoms with Crippen LogP contribution in [0, 0.1) is 0 Å². The van der Waals surface area contributed by atoms with Gasteiger partial charge in [-0.1, -0.05) is 30.0 Å². The number of hydrogen-bond donors (Lipinski definition) is 3. The minimum atomic E-state index is -4.42. The minimum absolute atomic E-state index is 0.233. The Balaban J connectivity index is 1.57. The summed E-state index contributed by atoms with van der Waals surface area (Å²) in [5.41, 5.74) is 0.463. The average Bonchev–Trinajstić information content (AvgIpc) is 3.27. The highest BCUT2D eigenvalue weighted by atomic mass is 32.2. The second kappa shape index (κ2) is 8.12. The Kier molecular flexibility index (Phi) is 5.68. The van der Waals surface area contributed by atoms with Crippen molar-refractivity contribution in [2.24, 2.45) is 0 Å². The Hall–Kier alpha value is -2.25. The zero-order valence-corrected chi connectivity index (χ0v) is 16.1. The van der Waals surface area contributed by atoms with Crippen LogP contribution < -0.4 is 0 Å². The molecule has 4 rings (SSSR count). The third kappa shape index (κ3) is 3.88. The van der Waals surface area contributed by atoms with Crippen LogP contribution in [0.25, 0.3) is 11.2 Å². The molecule has 2 aromatic heterocycles. The van der Waals surface area contributed by atoms with E-state index in [1.807, 2.05) is 0 Å². The molecule has 4 atom stereocenters. The van der Waals surface area contributed by atoms with Crippen molar-refractivity contribution in [1.82, 2.24) is 19.5 Å². The van der Waals surface area contributed by atoms with E-state index in [1.54, 1.807) is 6.07 Å². The molecule has 12 heteroatoms. The van der Waals surface area contributed by atoms with E-state index in [-0.39, 0.29) is 5.75 Å². The van der Waals surface area contributed by atoms with Crippen molar-refractivity contribution >= 4 is 22.9 Å². The van der Waals surface area contributed by atoms with Crippen LogP contribution in [0.4, 0.5) is 13.2 Å². The fraction of sp³-hybridized carbons (Fsp3) is 0.389. The summed E-state index contributed by atoms with van der Waals surface area (Å²) >= 11 is 1.20. The normalized spacial score (nSPS) is 24.6. The van der Waals surface area contributed by atoms with Gasteiger partial charge in [0.2, 0.25) is 0 Å². The number of imidazole rings is 1. The quantitative estimate of drug-likeness (QED) is 0.405. The minimum Gasteiger partial charge on any atom is -0.394 e. The van der Waals surface area contributed by atoms with Gasteiger partial charge in [-0.25, -0.2) is 15.0 Å². The zero-order chi connectivity index (χ0) is 21.5. The number of fused-ring (bicyclic) bond motifs is 1. The first-order valence-electron chi connectivity index (χ1n) is 8.88. The number of ether oxygens (including phenoxy) is 1. The molecule has 3 aromatic rings. The van der Waals surface area contributed by atoms with Crippen LogP contribution in [0.1, 0.15) is 17.4 Å². The Labute approximate surface area is 172 Å². The fourth-order valence-corrected chi connectivity index (χ4v) is 4.11. The molecule has 3 heterocycles. The highest BCUT2D eigenvalue weighted by Gasteiger charge is 2.44. The summed E-state index contributed by atoms with van der Waals surface area (Å²) in [5.74, 6) is 0.233. The summed E-state index contributed by atoms with van der Waals surface area (Å²) in [6.45, 7) is -0.464. The molecule has 160 valence electrons. The summed E-state index contributed by atoms with van der Waals surface area (Å²) < 4.78 is 45.6. The van der Waals surface area contributed by atoms with E-state index < -0.39 is 42.9 Å². The molecular formula is C18H17F3N4O4S. The molecule has 1 aliphatic heterocycles. The third-order valence-corrected chi connectivity index (χ3v) is 5.80. The monoisotopic (exact) mass is 442 g/mol. The number of rotatable bonds is 5. The maximum atomic E-state index is 12.9. The number of alkyl halides is 3. The molecule has 1 aromatic carbocycles. The van der Waals surface area contributed by atoms with Crippen LogP contribution in [0.15, 0.2) is 41.9 Å². The van der Waals surface area contributed by atoms with Gasteiger partial charge in [-0.3, -0.25) is 4.57 Å². The first-order chi connectivity index (χ1) is 14.3. The van der Waals surface area contributed by atoms with Gasteiger partial charge in [-0.2, -0.15) is 13.2 Å². The van der Waals surface area contributed by atoms with Crippen LogP contribution in [0.3, 0.4) is 0 Å². The zero-order valence-electron chi connectivity index (χ0n) is 15.3. The molecule has 0 aliphatic carbocycles. The molecule has 3 N–H and O–H groups in total. The second-order valence-electron chi connectivity index (χ2n) is 6.72. The lowest BCUT2D eigenvalue weighted by Gasteiger charge is -2.16. The lowest BCUT2D eigenvalue weighted by atomic mass is 10.1. The van der Waals surface area contributed by atoms with Gasteiger partial charge < -0.3 is 20.1 Å². The first-order valence-corrected chi connectivity index (χ1v) is 9.87. The van der Waals surface area contributed by atoms with E-state index in [2.05, 4.69) is 15.0 Å². The van der Waals surface area contributed by atoms with Crippen molar-refractivity contribution in [2.45, 2.75) is 41.5 Å². The molecule has 30 heavy (non-hydrogen) atoms. The summed E-state index contributed by atoms with van der Waals surface area (Å²) in [5, 5.41) is 29.9.